The van der Waals surface area contributed by atoms with Gasteiger partial charge in [0.1, 0.15) is 0 Å². The molecule has 2 aromatic rings. The number of hydrogen-bond acceptors (Lipinski definition) is 4. The molecule has 0 aromatic heterocycles. The van der Waals surface area contributed by atoms with Crippen molar-refractivity contribution >= 4 is 35.7 Å². The van der Waals surface area contributed by atoms with Crippen molar-refractivity contribution in [3.63, 3.8) is 0 Å². The molecule has 0 aliphatic rings. The second-order valence-corrected chi connectivity index (χ2v) is 4.50. The highest BCUT2D eigenvalue weighted by Gasteiger charge is 2.07. The van der Waals surface area contributed by atoms with Gasteiger partial charge in [-0.1, -0.05) is 24.3 Å². The lowest BCUT2D eigenvalue weighted by molar-refractivity contribution is 0.0687. The van der Waals surface area contributed by atoms with E-state index in [1.807, 2.05) is 0 Å². The van der Waals surface area contributed by atoms with Crippen LogP contribution in [-0.4, -0.2) is 34.6 Å². The van der Waals surface area contributed by atoms with E-state index in [1.54, 1.807) is 36.4 Å². The lowest BCUT2D eigenvalue weighted by atomic mass is 10.2. The maximum Gasteiger partial charge on any atom is 0.337 e. The minimum Gasteiger partial charge on any atom is -0.478 e. The number of carbonyl (C=O) groups is 2. The Hall–Kier alpha value is -3.28. The summed E-state index contributed by atoms with van der Waals surface area (Å²) in [6.45, 7) is 0. The van der Waals surface area contributed by atoms with Crippen LogP contribution < -0.4 is 0 Å². The number of rotatable bonds is 6. The van der Waals surface area contributed by atoms with Crippen LogP contribution >= 0.6 is 0 Å². The highest BCUT2D eigenvalue weighted by atomic mass is 16.4. The average molecular weight is 310 g/mol. The first kappa shape index (κ1) is 16.1. The predicted molar refractivity (Wildman–Crippen MR) is 87.7 cm³/mol. The number of carboxylic acid groups (broad SMARTS) is 2. The standard InChI is InChI=1S/C17H14N2O4/c20-16(21)12-6-1-3-8-14(12)18-10-5-11-19-15-9-4-2-7-13(15)17(22)23/h1-4,6-11H,5H2,(H,20,21)(H,22,23). The molecule has 2 N–H and O–H groups in total. The Labute approximate surface area is 132 Å². The third-order valence-electron chi connectivity index (χ3n) is 2.94. The van der Waals surface area contributed by atoms with Crippen molar-refractivity contribution in [2.75, 3.05) is 0 Å². The molecule has 0 radical (unpaired) electrons. The SMILES string of the molecule is O=C(O)c1ccccc1N=CCC=Nc1ccccc1C(=O)O. The van der Waals surface area contributed by atoms with E-state index in [9.17, 15) is 9.59 Å². The minimum atomic E-state index is -1.04. The van der Waals surface area contributed by atoms with Gasteiger partial charge in [-0.2, -0.15) is 0 Å². The van der Waals surface area contributed by atoms with Crippen molar-refractivity contribution in [2.24, 2.45) is 9.98 Å². The Bertz CT molecular complexity index is 716. The van der Waals surface area contributed by atoms with Crippen LogP contribution in [0.5, 0.6) is 0 Å². The molecule has 0 spiro atoms. The zero-order valence-corrected chi connectivity index (χ0v) is 12.1. The summed E-state index contributed by atoms with van der Waals surface area (Å²) in [6.07, 6.45) is 3.39. The normalized spacial score (nSPS) is 11.1. The van der Waals surface area contributed by atoms with E-state index in [4.69, 9.17) is 10.2 Å². The number of para-hydroxylation sites is 2. The van der Waals surface area contributed by atoms with Crippen LogP contribution in [0.4, 0.5) is 11.4 Å². The number of nitrogens with zero attached hydrogens (tertiary/aromatic N) is 2. The molecular formula is C17H14N2O4. The molecule has 0 fully saturated rings. The van der Waals surface area contributed by atoms with Crippen LogP contribution in [0.1, 0.15) is 27.1 Å². The molecule has 6 heteroatoms. The van der Waals surface area contributed by atoms with E-state index in [2.05, 4.69) is 9.98 Å². The molecule has 116 valence electrons. The van der Waals surface area contributed by atoms with E-state index >= 15 is 0 Å². The maximum atomic E-state index is 11.0. The van der Waals surface area contributed by atoms with Crippen molar-refractivity contribution in [1.82, 2.24) is 0 Å². The molecule has 0 bridgehead atoms. The molecule has 6 nitrogen and oxygen atoms in total. The monoisotopic (exact) mass is 310 g/mol. The Kier molecular flexibility index (Phi) is 5.35. The molecule has 0 saturated heterocycles. The number of aliphatic imine (C=N–C) groups is 2. The van der Waals surface area contributed by atoms with Gasteiger partial charge in [-0.25, -0.2) is 9.59 Å². The zero-order valence-electron chi connectivity index (χ0n) is 12.1. The third kappa shape index (κ3) is 4.34. The molecule has 2 aromatic carbocycles. The van der Waals surface area contributed by atoms with Crippen LogP contribution in [0.2, 0.25) is 0 Å². The molecule has 0 amide bonds. The zero-order chi connectivity index (χ0) is 16.7. The smallest absolute Gasteiger partial charge is 0.337 e. The number of hydrogen-bond donors (Lipinski definition) is 2. The second-order valence-electron chi connectivity index (χ2n) is 4.50. The summed E-state index contributed by atoms with van der Waals surface area (Å²) in [5.41, 5.74) is 0.965. The molecule has 23 heavy (non-hydrogen) atoms. The van der Waals surface area contributed by atoms with Gasteiger partial charge in [0, 0.05) is 18.9 Å². The summed E-state index contributed by atoms with van der Waals surface area (Å²) < 4.78 is 0. The van der Waals surface area contributed by atoms with E-state index in [0.29, 0.717) is 17.8 Å². The Morgan fingerprint density at radius 2 is 1.17 bits per heavy atom. The average Bonchev–Trinajstić information content (AvgIpc) is 2.55. The number of aromatic carboxylic acids is 2. The molecule has 0 unspecified atom stereocenters. The van der Waals surface area contributed by atoms with E-state index in [-0.39, 0.29) is 11.1 Å². The van der Waals surface area contributed by atoms with E-state index in [1.165, 1.54) is 24.6 Å². The third-order valence-corrected chi connectivity index (χ3v) is 2.94. The van der Waals surface area contributed by atoms with Gasteiger partial charge in [0.05, 0.1) is 22.5 Å². The summed E-state index contributed by atoms with van der Waals surface area (Å²) in [5.74, 6) is -2.08. The van der Waals surface area contributed by atoms with Crippen LogP contribution in [0.3, 0.4) is 0 Å². The van der Waals surface area contributed by atoms with Crippen LogP contribution in [-0.2, 0) is 0 Å². The van der Waals surface area contributed by atoms with E-state index < -0.39 is 11.9 Å². The van der Waals surface area contributed by atoms with Crippen LogP contribution in [0.15, 0.2) is 58.5 Å². The van der Waals surface area contributed by atoms with Crippen molar-refractivity contribution in [3.8, 4) is 0 Å². The maximum absolute atomic E-state index is 11.0. The highest BCUT2D eigenvalue weighted by molar-refractivity contribution is 5.96. The lowest BCUT2D eigenvalue weighted by Gasteiger charge is -1.99. The summed E-state index contributed by atoms with van der Waals surface area (Å²) >= 11 is 0. The van der Waals surface area contributed by atoms with Crippen LogP contribution in [0, 0.1) is 0 Å². The summed E-state index contributed by atoms with van der Waals surface area (Å²) in [5, 5.41) is 18.1. The first-order valence-electron chi connectivity index (χ1n) is 6.79. The van der Waals surface area contributed by atoms with Gasteiger partial charge < -0.3 is 10.2 Å². The van der Waals surface area contributed by atoms with Crippen LogP contribution in [0.25, 0.3) is 0 Å². The predicted octanol–water partition coefficient (Wildman–Crippen LogP) is 3.58. The van der Waals surface area contributed by atoms with Crippen molar-refractivity contribution in [1.29, 1.82) is 0 Å². The first-order valence-corrected chi connectivity index (χ1v) is 6.79. The second kappa shape index (κ2) is 7.65. The summed E-state index contributed by atoms with van der Waals surface area (Å²) in [7, 11) is 0. The van der Waals surface area contributed by atoms with Gasteiger partial charge >= 0.3 is 11.9 Å². The Morgan fingerprint density at radius 1 is 0.783 bits per heavy atom. The number of carboxylic acids is 2. The van der Waals surface area contributed by atoms with Gasteiger partial charge in [0.25, 0.3) is 0 Å². The molecular weight excluding hydrogens is 296 g/mol. The fraction of sp³-hybridized carbons (Fsp3) is 0.0588. The molecule has 0 atom stereocenters. The summed E-state index contributed by atoms with van der Waals surface area (Å²) in [6, 6.07) is 12.8. The minimum absolute atomic E-state index is 0.122. The molecule has 0 aliphatic heterocycles. The van der Waals surface area contributed by atoms with Gasteiger partial charge in [0.15, 0.2) is 0 Å². The molecule has 2 rings (SSSR count). The summed E-state index contributed by atoms with van der Waals surface area (Å²) in [4.78, 5) is 30.3. The molecule has 0 saturated carbocycles. The fourth-order valence-electron chi connectivity index (χ4n) is 1.88. The van der Waals surface area contributed by atoms with E-state index in [0.717, 1.165) is 0 Å². The quantitative estimate of drug-likeness (QED) is 0.796. The highest BCUT2D eigenvalue weighted by Crippen LogP contribution is 2.19. The largest absolute Gasteiger partial charge is 0.478 e. The Balaban J connectivity index is 2.06. The van der Waals surface area contributed by atoms with Gasteiger partial charge in [-0.15, -0.1) is 0 Å². The van der Waals surface area contributed by atoms with Crippen molar-refractivity contribution in [3.05, 3.63) is 59.7 Å². The lowest BCUT2D eigenvalue weighted by Crippen LogP contribution is -1.96. The van der Waals surface area contributed by atoms with Gasteiger partial charge in [-0.3, -0.25) is 9.98 Å². The Morgan fingerprint density at radius 3 is 1.57 bits per heavy atom. The van der Waals surface area contributed by atoms with Crippen molar-refractivity contribution in [2.45, 2.75) is 6.42 Å². The topological polar surface area (TPSA) is 99.3 Å². The first-order chi connectivity index (χ1) is 11.1. The van der Waals surface area contributed by atoms with Gasteiger partial charge in [0.2, 0.25) is 0 Å². The number of benzene rings is 2. The fourth-order valence-corrected chi connectivity index (χ4v) is 1.88. The van der Waals surface area contributed by atoms with Gasteiger partial charge in [-0.05, 0) is 24.3 Å². The molecule has 0 heterocycles. The van der Waals surface area contributed by atoms with Crippen molar-refractivity contribution < 1.29 is 19.8 Å². The molecule has 0 aliphatic carbocycles.